The molecule has 0 aromatic carbocycles. The summed E-state index contributed by atoms with van der Waals surface area (Å²) < 4.78 is 31.1. The first-order valence-electron chi connectivity index (χ1n) is 14.3. The van der Waals surface area contributed by atoms with Crippen LogP contribution in [0.5, 0.6) is 0 Å². The van der Waals surface area contributed by atoms with Crippen LogP contribution in [0.15, 0.2) is 24.3 Å². The molecule has 0 fully saturated rings. The molecule has 0 aliphatic heterocycles. The summed E-state index contributed by atoms with van der Waals surface area (Å²) in [6.45, 7) is 17.7. The lowest BCUT2D eigenvalue weighted by molar-refractivity contribution is -0.172. The molecule has 42 heavy (non-hydrogen) atoms. The second-order valence-electron chi connectivity index (χ2n) is 9.56. The van der Waals surface area contributed by atoms with Crippen LogP contribution in [0.3, 0.4) is 0 Å². The molecule has 0 saturated heterocycles. The molecule has 0 saturated carbocycles. The van der Waals surface area contributed by atoms with Gasteiger partial charge in [-0.2, -0.15) is 0 Å². The number of esters is 6. The molecular weight excluding hydrogens is 552 g/mol. The number of carbonyl (C=O) groups excluding carboxylic acids is 6. The van der Waals surface area contributed by atoms with E-state index in [1.807, 2.05) is 0 Å². The molecule has 0 radical (unpaired) electrons. The van der Waals surface area contributed by atoms with Crippen LogP contribution in [-0.2, 0) is 57.2 Å². The lowest BCUT2D eigenvalue weighted by Gasteiger charge is -2.25. The molecule has 238 valence electrons. The van der Waals surface area contributed by atoms with Crippen LogP contribution < -0.4 is 0 Å². The van der Waals surface area contributed by atoms with E-state index in [4.69, 9.17) is 28.4 Å². The number of hydrogen-bond donors (Lipinski definition) is 0. The maximum absolute atomic E-state index is 13.1. The zero-order valence-corrected chi connectivity index (χ0v) is 25.7. The van der Waals surface area contributed by atoms with Gasteiger partial charge in [-0.15, -0.1) is 0 Å². The quantitative estimate of drug-likeness (QED) is 0.107. The van der Waals surface area contributed by atoms with Gasteiger partial charge in [-0.05, 0) is 39.5 Å². The Morgan fingerprint density at radius 2 is 0.810 bits per heavy atom. The predicted octanol–water partition coefficient (Wildman–Crippen LogP) is 3.79. The zero-order chi connectivity index (χ0) is 32.2. The maximum Gasteiger partial charge on any atom is 0.334 e. The Hall–Kier alpha value is -3.70. The van der Waals surface area contributed by atoms with Gasteiger partial charge in [0.1, 0.15) is 12.2 Å². The first-order chi connectivity index (χ1) is 19.8. The van der Waals surface area contributed by atoms with E-state index < -0.39 is 72.7 Å². The molecule has 4 atom stereocenters. The molecule has 4 unspecified atom stereocenters. The first-order valence-corrected chi connectivity index (χ1v) is 14.3. The van der Waals surface area contributed by atoms with Gasteiger partial charge in [0.05, 0.1) is 51.1 Å². The largest absolute Gasteiger partial charge is 0.466 e. The molecule has 0 heterocycles. The highest BCUT2D eigenvalue weighted by Crippen LogP contribution is 2.23. The summed E-state index contributed by atoms with van der Waals surface area (Å²) in [6.07, 6.45) is -1.01. The molecule has 0 aromatic heterocycles. The molecule has 0 aliphatic rings. The molecule has 12 heteroatoms. The minimum absolute atomic E-state index is 0.0910. The standard InChI is InChI=1S/C30H46O12/c1-9-13-37-25(31)17-23(19(5)27(33)39-15-11-3)29(35)41-21(7)22(8)42-30(36)24(18-26(32)38-14-10-2)20(6)28(34)40-16-12-4/h21-24H,5-6,9-18H2,1-4,7-8H3. The van der Waals surface area contributed by atoms with E-state index in [-0.39, 0.29) is 37.6 Å². The van der Waals surface area contributed by atoms with Crippen molar-refractivity contribution in [2.24, 2.45) is 11.8 Å². The Kier molecular flexibility index (Phi) is 19.2. The fourth-order valence-corrected chi connectivity index (χ4v) is 3.16. The van der Waals surface area contributed by atoms with E-state index >= 15 is 0 Å². The molecule has 0 N–H and O–H groups in total. The van der Waals surface area contributed by atoms with Crippen LogP contribution in [0.1, 0.15) is 80.1 Å². The first kappa shape index (κ1) is 38.3. The number of hydrogen-bond acceptors (Lipinski definition) is 12. The summed E-state index contributed by atoms with van der Waals surface area (Å²) in [7, 11) is 0. The van der Waals surface area contributed by atoms with Gasteiger partial charge in [0, 0.05) is 11.1 Å². The summed E-state index contributed by atoms with van der Waals surface area (Å²) in [5.74, 6) is -7.96. The fraction of sp³-hybridized carbons (Fsp3) is 0.667. The van der Waals surface area contributed by atoms with Gasteiger partial charge in [-0.1, -0.05) is 40.9 Å². The van der Waals surface area contributed by atoms with Gasteiger partial charge < -0.3 is 28.4 Å². The minimum Gasteiger partial charge on any atom is -0.466 e. The molecule has 0 spiro atoms. The number of ether oxygens (including phenoxy) is 6. The van der Waals surface area contributed by atoms with E-state index in [0.29, 0.717) is 25.7 Å². The molecule has 0 aromatic rings. The van der Waals surface area contributed by atoms with Crippen molar-refractivity contribution < 1.29 is 57.2 Å². The SMILES string of the molecule is C=C(C(=O)OCCC)C(CC(=O)OCCC)C(=O)OC(C)C(C)OC(=O)C(CC(=O)OCCC)C(=C)C(=O)OCCC. The average molecular weight is 599 g/mol. The minimum atomic E-state index is -1.40. The van der Waals surface area contributed by atoms with Crippen molar-refractivity contribution in [3.05, 3.63) is 24.3 Å². The van der Waals surface area contributed by atoms with Crippen molar-refractivity contribution >= 4 is 35.8 Å². The molecule has 0 amide bonds. The van der Waals surface area contributed by atoms with Gasteiger partial charge >= 0.3 is 35.8 Å². The third-order valence-electron chi connectivity index (χ3n) is 5.75. The van der Waals surface area contributed by atoms with Gasteiger partial charge in [0.2, 0.25) is 0 Å². The molecule has 0 rings (SSSR count). The van der Waals surface area contributed by atoms with Crippen molar-refractivity contribution in [3.63, 3.8) is 0 Å². The fourth-order valence-electron chi connectivity index (χ4n) is 3.16. The summed E-state index contributed by atoms with van der Waals surface area (Å²) >= 11 is 0. The third kappa shape index (κ3) is 14.3. The lowest BCUT2D eigenvalue weighted by atomic mass is 9.96. The van der Waals surface area contributed by atoms with Crippen molar-refractivity contribution in [1.82, 2.24) is 0 Å². The molecule has 12 nitrogen and oxygen atoms in total. The van der Waals surface area contributed by atoms with Gasteiger partial charge in [0.25, 0.3) is 0 Å². The van der Waals surface area contributed by atoms with E-state index in [9.17, 15) is 28.8 Å². The number of rotatable bonds is 21. The van der Waals surface area contributed by atoms with Crippen molar-refractivity contribution in [2.75, 3.05) is 26.4 Å². The normalized spacial score (nSPS) is 13.4. The van der Waals surface area contributed by atoms with Crippen LogP contribution in [0.4, 0.5) is 0 Å². The summed E-state index contributed by atoms with van der Waals surface area (Å²) in [4.78, 5) is 75.4. The van der Waals surface area contributed by atoms with Crippen LogP contribution in [0, 0.1) is 11.8 Å². The second-order valence-corrected chi connectivity index (χ2v) is 9.56. The Morgan fingerprint density at radius 1 is 0.524 bits per heavy atom. The predicted molar refractivity (Wildman–Crippen MR) is 151 cm³/mol. The van der Waals surface area contributed by atoms with Crippen molar-refractivity contribution in [1.29, 1.82) is 0 Å². The van der Waals surface area contributed by atoms with E-state index in [1.54, 1.807) is 27.7 Å². The van der Waals surface area contributed by atoms with E-state index in [2.05, 4.69) is 13.2 Å². The Balaban J connectivity index is 5.68. The Bertz CT molecular complexity index is 878. The second kappa shape index (κ2) is 21.1. The van der Waals surface area contributed by atoms with Crippen LogP contribution in [0.25, 0.3) is 0 Å². The highest BCUT2D eigenvalue weighted by atomic mass is 16.6. The van der Waals surface area contributed by atoms with E-state index in [0.717, 1.165) is 0 Å². The van der Waals surface area contributed by atoms with Gasteiger partial charge in [0.15, 0.2) is 0 Å². The molecular formula is C30H46O12. The monoisotopic (exact) mass is 598 g/mol. The molecule has 0 bridgehead atoms. The lowest BCUT2D eigenvalue weighted by Crippen LogP contribution is -2.37. The highest BCUT2D eigenvalue weighted by molar-refractivity contribution is 5.97. The van der Waals surface area contributed by atoms with Crippen molar-refractivity contribution in [2.45, 2.75) is 92.3 Å². The number of carbonyl (C=O) groups is 6. The topological polar surface area (TPSA) is 158 Å². The van der Waals surface area contributed by atoms with Gasteiger partial charge in [-0.3, -0.25) is 19.2 Å². The van der Waals surface area contributed by atoms with Crippen molar-refractivity contribution in [3.8, 4) is 0 Å². The smallest absolute Gasteiger partial charge is 0.334 e. The summed E-state index contributed by atoms with van der Waals surface area (Å²) in [5.41, 5.74) is -0.572. The average Bonchev–Trinajstić information content (AvgIpc) is 2.96. The summed E-state index contributed by atoms with van der Waals surface area (Å²) in [6, 6.07) is 0. The maximum atomic E-state index is 13.1. The molecule has 0 aliphatic carbocycles. The van der Waals surface area contributed by atoms with Crippen LogP contribution in [0.2, 0.25) is 0 Å². The zero-order valence-electron chi connectivity index (χ0n) is 25.7. The Labute approximate surface area is 248 Å². The summed E-state index contributed by atoms with van der Waals surface area (Å²) in [5, 5.41) is 0. The van der Waals surface area contributed by atoms with Crippen LogP contribution >= 0.6 is 0 Å². The third-order valence-corrected chi connectivity index (χ3v) is 5.75. The Morgan fingerprint density at radius 3 is 1.10 bits per heavy atom. The van der Waals surface area contributed by atoms with Gasteiger partial charge in [-0.25, -0.2) is 9.59 Å². The van der Waals surface area contributed by atoms with Crippen LogP contribution in [-0.4, -0.2) is 74.5 Å². The highest BCUT2D eigenvalue weighted by Gasteiger charge is 2.36. The van der Waals surface area contributed by atoms with E-state index in [1.165, 1.54) is 13.8 Å².